The number of nitrogens with one attached hydrogen (secondary N) is 3. The van der Waals surface area contributed by atoms with Gasteiger partial charge in [-0.15, -0.1) is 35.3 Å². The van der Waals surface area contributed by atoms with Gasteiger partial charge in [-0.25, -0.2) is 9.78 Å². The molecule has 0 bridgehead atoms. The van der Waals surface area contributed by atoms with E-state index in [9.17, 15) is 9.59 Å². The maximum Gasteiger partial charge on any atom is 0.324 e. The second kappa shape index (κ2) is 9.65. The second-order valence-corrected chi connectivity index (χ2v) is 5.83. The van der Waals surface area contributed by atoms with Gasteiger partial charge < -0.3 is 16.0 Å². The van der Waals surface area contributed by atoms with E-state index in [-0.39, 0.29) is 42.5 Å². The predicted molar refractivity (Wildman–Crippen MR) is 100 cm³/mol. The quantitative estimate of drug-likeness (QED) is 0.253. The molecule has 2 heterocycles. The van der Waals surface area contributed by atoms with Crippen LogP contribution in [0.2, 0.25) is 0 Å². The number of aromatic nitrogens is 1. The Kier molecular flexibility index (Phi) is 8.23. The van der Waals surface area contributed by atoms with E-state index in [1.165, 1.54) is 9.78 Å². The molecule has 0 spiro atoms. The number of urea groups is 1. The number of imide groups is 1. The SMILES string of the molecule is CCc1cnc(CNC(=NC)NCCN2C(=O)CNC2=O)s1.I. The first-order chi connectivity index (χ1) is 10.6. The topological polar surface area (TPSA) is 98.7 Å². The lowest BCUT2D eigenvalue weighted by Gasteiger charge is -2.15. The number of halogens is 1. The van der Waals surface area contributed by atoms with E-state index in [4.69, 9.17) is 0 Å². The van der Waals surface area contributed by atoms with Crippen LogP contribution in [-0.2, 0) is 17.8 Å². The second-order valence-electron chi connectivity index (χ2n) is 4.63. The van der Waals surface area contributed by atoms with E-state index in [1.807, 2.05) is 6.20 Å². The van der Waals surface area contributed by atoms with Crippen LogP contribution in [0, 0.1) is 0 Å². The fourth-order valence-electron chi connectivity index (χ4n) is 1.94. The van der Waals surface area contributed by atoms with Gasteiger partial charge in [0.25, 0.3) is 0 Å². The Hall–Kier alpha value is -1.43. The molecule has 1 fully saturated rings. The van der Waals surface area contributed by atoms with Crippen LogP contribution in [0.25, 0.3) is 0 Å². The first kappa shape index (κ1) is 19.6. The first-order valence-electron chi connectivity index (χ1n) is 7.10. The third-order valence-electron chi connectivity index (χ3n) is 3.15. The number of aryl methyl sites for hydroxylation is 1. The monoisotopic (exact) mass is 452 g/mol. The molecule has 8 nitrogen and oxygen atoms in total. The van der Waals surface area contributed by atoms with Crippen molar-refractivity contribution in [2.45, 2.75) is 19.9 Å². The zero-order chi connectivity index (χ0) is 15.9. The fraction of sp³-hybridized carbons (Fsp3) is 0.538. The average molecular weight is 452 g/mol. The van der Waals surface area contributed by atoms with E-state index in [1.54, 1.807) is 18.4 Å². The van der Waals surface area contributed by atoms with Gasteiger partial charge in [0, 0.05) is 31.2 Å². The highest BCUT2D eigenvalue weighted by molar-refractivity contribution is 14.0. The van der Waals surface area contributed by atoms with E-state index < -0.39 is 0 Å². The molecule has 1 saturated heterocycles. The van der Waals surface area contributed by atoms with Crippen molar-refractivity contribution in [1.82, 2.24) is 25.8 Å². The standard InChI is InChI=1S/C13H20N6O2S.HI/c1-3-9-6-16-10(22-9)7-17-12(14-2)15-4-5-19-11(20)8-18-13(19)21;/h6H,3-5,7-8H2,1-2H3,(H,18,21)(H2,14,15,17);1H. The van der Waals surface area contributed by atoms with Gasteiger partial charge in [0.05, 0.1) is 13.1 Å². The zero-order valence-electron chi connectivity index (χ0n) is 13.1. The molecule has 1 aromatic rings. The van der Waals surface area contributed by atoms with Crippen LogP contribution in [0.3, 0.4) is 0 Å². The summed E-state index contributed by atoms with van der Waals surface area (Å²) in [6.45, 7) is 3.52. The third-order valence-corrected chi connectivity index (χ3v) is 4.29. The highest BCUT2D eigenvalue weighted by Gasteiger charge is 2.27. The van der Waals surface area contributed by atoms with Gasteiger partial charge in [-0.05, 0) is 6.42 Å². The number of carbonyl (C=O) groups is 2. The van der Waals surface area contributed by atoms with E-state index in [2.05, 4.69) is 32.9 Å². The highest BCUT2D eigenvalue weighted by atomic mass is 127. The molecule has 3 amide bonds. The molecule has 0 atom stereocenters. The number of rotatable bonds is 6. The maximum absolute atomic E-state index is 11.4. The number of hydrogen-bond donors (Lipinski definition) is 3. The first-order valence-corrected chi connectivity index (χ1v) is 7.92. The molecule has 10 heteroatoms. The van der Waals surface area contributed by atoms with Crippen molar-refractivity contribution < 1.29 is 9.59 Å². The van der Waals surface area contributed by atoms with E-state index in [0.29, 0.717) is 25.6 Å². The van der Waals surface area contributed by atoms with E-state index >= 15 is 0 Å². The van der Waals surface area contributed by atoms with Crippen molar-refractivity contribution >= 4 is 53.2 Å². The number of aliphatic imine (C=N–C) groups is 1. The van der Waals surface area contributed by atoms with Gasteiger partial charge in [0.2, 0.25) is 5.91 Å². The normalized spacial score (nSPS) is 14.5. The summed E-state index contributed by atoms with van der Waals surface area (Å²) < 4.78 is 0. The molecule has 0 aromatic carbocycles. The lowest BCUT2D eigenvalue weighted by molar-refractivity contribution is -0.124. The smallest absolute Gasteiger partial charge is 0.324 e. The Morgan fingerprint density at radius 3 is 2.83 bits per heavy atom. The summed E-state index contributed by atoms with van der Waals surface area (Å²) in [6, 6.07) is -0.343. The van der Waals surface area contributed by atoms with Crippen LogP contribution < -0.4 is 16.0 Å². The summed E-state index contributed by atoms with van der Waals surface area (Å²) >= 11 is 1.67. The lowest BCUT2D eigenvalue weighted by atomic mass is 10.4. The number of carbonyl (C=O) groups excluding carboxylic acids is 2. The van der Waals surface area contributed by atoms with Gasteiger partial charge in [-0.2, -0.15) is 0 Å². The minimum atomic E-state index is -0.343. The van der Waals surface area contributed by atoms with Crippen LogP contribution in [0.4, 0.5) is 4.79 Å². The number of hydrogen-bond acceptors (Lipinski definition) is 5. The van der Waals surface area contributed by atoms with Gasteiger partial charge in [0.15, 0.2) is 5.96 Å². The molecule has 1 aliphatic rings. The lowest BCUT2D eigenvalue weighted by Crippen LogP contribution is -2.43. The number of nitrogens with zero attached hydrogens (tertiary/aromatic N) is 3. The molecular weight excluding hydrogens is 431 g/mol. The molecule has 128 valence electrons. The summed E-state index contributed by atoms with van der Waals surface area (Å²) in [5.41, 5.74) is 0. The molecule has 23 heavy (non-hydrogen) atoms. The maximum atomic E-state index is 11.4. The Bertz CT molecular complexity index is 561. The Morgan fingerprint density at radius 2 is 2.26 bits per heavy atom. The Balaban J connectivity index is 0.00000264. The van der Waals surface area contributed by atoms with Crippen molar-refractivity contribution in [3.63, 3.8) is 0 Å². The van der Waals surface area contributed by atoms with Crippen LogP contribution in [0.15, 0.2) is 11.2 Å². The Labute approximate surface area is 156 Å². The summed E-state index contributed by atoms with van der Waals surface area (Å²) in [6.07, 6.45) is 2.87. The van der Waals surface area contributed by atoms with Crippen molar-refractivity contribution in [2.75, 3.05) is 26.7 Å². The molecule has 2 rings (SSSR count). The van der Waals surface area contributed by atoms with E-state index in [0.717, 1.165) is 11.4 Å². The minimum Gasteiger partial charge on any atom is -0.355 e. The fourth-order valence-corrected chi connectivity index (χ4v) is 2.74. The van der Waals surface area contributed by atoms with Crippen molar-refractivity contribution in [3.8, 4) is 0 Å². The summed E-state index contributed by atoms with van der Waals surface area (Å²) in [5.74, 6) is 0.407. The minimum absolute atomic E-state index is 0. The molecular formula is C13H21IN6O2S. The third kappa shape index (κ3) is 5.61. The van der Waals surface area contributed by atoms with Crippen LogP contribution >= 0.6 is 35.3 Å². The van der Waals surface area contributed by atoms with Gasteiger partial charge in [-0.1, -0.05) is 6.92 Å². The molecule has 0 aliphatic carbocycles. The highest BCUT2D eigenvalue weighted by Crippen LogP contribution is 2.12. The van der Waals surface area contributed by atoms with Gasteiger partial charge in [0.1, 0.15) is 5.01 Å². The van der Waals surface area contributed by atoms with Crippen LogP contribution in [0.5, 0.6) is 0 Å². The Morgan fingerprint density at radius 1 is 1.48 bits per heavy atom. The van der Waals surface area contributed by atoms with Crippen molar-refractivity contribution in [1.29, 1.82) is 0 Å². The molecule has 3 N–H and O–H groups in total. The number of guanidine groups is 1. The largest absolute Gasteiger partial charge is 0.355 e. The van der Waals surface area contributed by atoms with Gasteiger partial charge in [-0.3, -0.25) is 14.7 Å². The molecule has 0 saturated carbocycles. The van der Waals surface area contributed by atoms with Crippen molar-refractivity contribution in [2.24, 2.45) is 4.99 Å². The number of thiazole rings is 1. The predicted octanol–water partition coefficient (Wildman–Crippen LogP) is 0.540. The molecule has 0 unspecified atom stereocenters. The van der Waals surface area contributed by atoms with Crippen LogP contribution in [-0.4, -0.2) is 54.5 Å². The summed E-state index contributed by atoms with van der Waals surface area (Å²) in [5, 5.41) is 9.70. The van der Waals surface area contributed by atoms with Crippen LogP contribution in [0.1, 0.15) is 16.8 Å². The zero-order valence-corrected chi connectivity index (χ0v) is 16.2. The molecule has 1 aliphatic heterocycles. The number of amides is 3. The van der Waals surface area contributed by atoms with Crippen molar-refractivity contribution in [3.05, 3.63) is 16.1 Å². The summed E-state index contributed by atoms with van der Waals surface area (Å²) in [7, 11) is 1.67. The average Bonchev–Trinajstić information content (AvgIpc) is 3.11. The summed E-state index contributed by atoms with van der Waals surface area (Å²) in [4.78, 5) is 33.7. The van der Waals surface area contributed by atoms with Gasteiger partial charge >= 0.3 is 6.03 Å². The molecule has 1 aromatic heterocycles. The molecule has 0 radical (unpaired) electrons.